The smallest absolute Gasteiger partial charge is 0.323 e. The van der Waals surface area contributed by atoms with Gasteiger partial charge < -0.3 is 10.1 Å². The van der Waals surface area contributed by atoms with Gasteiger partial charge in [-0.05, 0) is 23.8 Å². The number of nitrogens with one attached hydrogen (secondary N) is 1. The Morgan fingerprint density at radius 2 is 2.64 bits per heavy atom. The van der Waals surface area contributed by atoms with Crippen molar-refractivity contribution in [3.63, 3.8) is 0 Å². The van der Waals surface area contributed by atoms with Crippen molar-refractivity contribution in [3.8, 4) is 0 Å². The van der Waals surface area contributed by atoms with Gasteiger partial charge in [0.1, 0.15) is 6.04 Å². The Labute approximate surface area is 89.3 Å². The first-order valence-corrected chi connectivity index (χ1v) is 5.95. The molecule has 1 heterocycles. The van der Waals surface area contributed by atoms with Gasteiger partial charge in [-0.15, -0.1) is 6.58 Å². The molecule has 1 aliphatic rings. The SMILES string of the molecule is C=CCNC(C(=O)OC)C1CCSC1. The molecule has 1 saturated heterocycles. The molecule has 1 fully saturated rings. The number of carbonyl (C=O) groups is 1. The fourth-order valence-corrected chi connectivity index (χ4v) is 2.89. The molecule has 2 unspecified atom stereocenters. The molecule has 1 aliphatic heterocycles. The quantitative estimate of drug-likeness (QED) is 0.550. The van der Waals surface area contributed by atoms with E-state index in [1.807, 2.05) is 11.8 Å². The summed E-state index contributed by atoms with van der Waals surface area (Å²) >= 11 is 1.90. The molecule has 0 bridgehead atoms. The lowest BCUT2D eigenvalue weighted by atomic mass is 9.99. The normalized spacial score (nSPS) is 23.1. The number of methoxy groups -OCH3 is 1. The minimum absolute atomic E-state index is 0.153. The van der Waals surface area contributed by atoms with Crippen molar-refractivity contribution in [1.29, 1.82) is 0 Å². The van der Waals surface area contributed by atoms with E-state index in [4.69, 9.17) is 4.74 Å². The van der Waals surface area contributed by atoms with E-state index in [2.05, 4.69) is 11.9 Å². The lowest BCUT2D eigenvalue weighted by Gasteiger charge is -2.20. The Morgan fingerprint density at radius 3 is 3.14 bits per heavy atom. The third-order valence-corrected chi connectivity index (χ3v) is 3.56. The highest BCUT2D eigenvalue weighted by atomic mass is 32.2. The molecule has 0 aromatic rings. The van der Waals surface area contributed by atoms with Crippen molar-refractivity contribution >= 4 is 17.7 Å². The number of thioether (sulfide) groups is 1. The summed E-state index contributed by atoms with van der Waals surface area (Å²) in [5, 5.41) is 3.16. The molecule has 0 aromatic heterocycles. The van der Waals surface area contributed by atoms with Crippen LogP contribution in [0, 0.1) is 5.92 Å². The zero-order valence-electron chi connectivity index (χ0n) is 8.49. The van der Waals surface area contributed by atoms with E-state index in [-0.39, 0.29) is 12.0 Å². The van der Waals surface area contributed by atoms with Crippen LogP contribution in [-0.4, -0.2) is 37.2 Å². The van der Waals surface area contributed by atoms with Crippen LogP contribution in [0.3, 0.4) is 0 Å². The van der Waals surface area contributed by atoms with Gasteiger partial charge in [-0.25, -0.2) is 0 Å². The minimum atomic E-state index is -0.159. The van der Waals surface area contributed by atoms with Crippen LogP contribution < -0.4 is 5.32 Å². The molecule has 0 aliphatic carbocycles. The molecule has 0 amide bonds. The Hall–Kier alpha value is -0.480. The van der Waals surface area contributed by atoms with Crippen molar-refractivity contribution in [2.24, 2.45) is 5.92 Å². The molecule has 0 spiro atoms. The molecule has 1 rings (SSSR count). The second-order valence-electron chi connectivity index (χ2n) is 3.32. The summed E-state index contributed by atoms with van der Waals surface area (Å²) in [5.41, 5.74) is 0. The second-order valence-corrected chi connectivity index (χ2v) is 4.47. The molecule has 0 saturated carbocycles. The summed E-state index contributed by atoms with van der Waals surface area (Å²) in [6, 6.07) is -0.159. The second kappa shape index (κ2) is 6.09. The highest BCUT2D eigenvalue weighted by Gasteiger charge is 2.30. The maximum atomic E-state index is 11.5. The number of hydrogen-bond acceptors (Lipinski definition) is 4. The first-order valence-electron chi connectivity index (χ1n) is 4.79. The molecule has 14 heavy (non-hydrogen) atoms. The van der Waals surface area contributed by atoms with E-state index in [0.29, 0.717) is 12.5 Å². The van der Waals surface area contributed by atoms with Gasteiger partial charge in [0.05, 0.1) is 7.11 Å². The molecule has 80 valence electrons. The van der Waals surface area contributed by atoms with Crippen molar-refractivity contribution in [2.75, 3.05) is 25.2 Å². The van der Waals surface area contributed by atoms with Crippen LogP contribution in [0.5, 0.6) is 0 Å². The molecule has 4 heteroatoms. The van der Waals surface area contributed by atoms with Crippen LogP contribution in [-0.2, 0) is 9.53 Å². The van der Waals surface area contributed by atoms with E-state index >= 15 is 0 Å². The fraction of sp³-hybridized carbons (Fsp3) is 0.700. The molecule has 0 radical (unpaired) electrons. The zero-order chi connectivity index (χ0) is 10.4. The van der Waals surface area contributed by atoms with Crippen LogP contribution in [0.2, 0.25) is 0 Å². The van der Waals surface area contributed by atoms with Gasteiger partial charge >= 0.3 is 5.97 Å². The average Bonchev–Trinajstić information content (AvgIpc) is 2.71. The third kappa shape index (κ3) is 3.03. The van der Waals surface area contributed by atoms with Gasteiger partial charge in [-0.2, -0.15) is 11.8 Å². The van der Waals surface area contributed by atoms with E-state index in [1.165, 1.54) is 7.11 Å². The fourth-order valence-electron chi connectivity index (χ4n) is 1.60. The van der Waals surface area contributed by atoms with Gasteiger partial charge in [0, 0.05) is 6.54 Å². The van der Waals surface area contributed by atoms with E-state index in [9.17, 15) is 4.79 Å². The molecule has 0 aromatic carbocycles. The predicted octanol–water partition coefficient (Wildman–Crippen LogP) is 1.06. The van der Waals surface area contributed by atoms with Crippen molar-refractivity contribution < 1.29 is 9.53 Å². The summed E-state index contributed by atoms with van der Waals surface area (Å²) < 4.78 is 4.78. The summed E-state index contributed by atoms with van der Waals surface area (Å²) in [5.74, 6) is 2.45. The van der Waals surface area contributed by atoms with Gasteiger partial charge in [0.15, 0.2) is 0 Å². The zero-order valence-corrected chi connectivity index (χ0v) is 9.31. The van der Waals surface area contributed by atoms with Crippen LogP contribution in [0.15, 0.2) is 12.7 Å². The Balaban J connectivity index is 2.50. The first-order chi connectivity index (χ1) is 6.79. The maximum absolute atomic E-state index is 11.5. The Bertz CT molecular complexity index is 202. The van der Waals surface area contributed by atoms with Gasteiger partial charge in [-0.1, -0.05) is 6.08 Å². The van der Waals surface area contributed by atoms with Gasteiger partial charge in [-0.3, -0.25) is 4.79 Å². The summed E-state index contributed by atoms with van der Waals surface area (Å²) in [6.07, 6.45) is 2.85. The van der Waals surface area contributed by atoms with E-state index < -0.39 is 0 Å². The van der Waals surface area contributed by atoms with E-state index in [1.54, 1.807) is 6.08 Å². The number of ether oxygens (including phenoxy) is 1. The molecule has 2 atom stereocenters. The van der Waals surface area contributed by atoms with Crippen molar-refractivity contribution in [2.45, 2.75) is 12.5 Å². The van der Waals surface area contributed by atoms with Crippen molar-refractivity contribution in [3.05, 3.63) is 12.7 Å². The highest BCUT2D eigenvalue weighted by molar-refractivity contribution is 7.99. The Kier molecular flexibility index (Phi) is 5.04. The summed E-state index contributed by atoms with van der Waals surface area (Å²) in [7, 11) is 1.44. The van der Waals surface area contributed by atoms with Crippen LogP contribution >= 0.6 is 11.8 Å². The monoisotopic (exact) mass is 215 g/mol. The maximum Gasteiger partial charge on any atom is 0.323 e. The standard InChI is InChI=1S/C10H17NO2S/c1-3-5-11-9(10(12)13-2)8-4-6-14-7-8/h3,8-9,11H,1,4-7H2,2H3. The van der Waals surface area contributed by atoms with E-state index in [0.717, 1.165) is 17.9 Å². The van der Waals surface area contributed by atoms with Crippen molar-refractivity contribution in [1.82, 2.24) is 5.32 Å². The lowest BCUT2D eigenvalue weighted by Crippen LogP contribution is -2.43. The number of rotatable bonds is 5. The van der Waals surface area contributed by atoms with Crippen LogP contribution in [0.25, 0.3) is 0 Å². The van der Waals surface area contributed by atoms with Gasteiger partial charge in [0.2, 0.25) is 0 Å². The average molecular weight is 215 g/mol. The first kappa shape index (κ1) is 11.6. The predicted molar refractivity (Wildman–Crippen MR) is 59.4 cm³/mol. The molecular weight excluding hydrogens is 198 g/mol. The van der Waals surface area contributed by atoms with Gasteiger partial charge in [0.25, 0.3) is 0 Å². The highest BCUT2D eigenvalue weighted by Crippen LogP contribution is 2.26. The topological polar surface area (TPSA) is 38.3 Å². The Morgan fingerprint density at radius 1 is 1.86 bits per heavy atom. The molecule has 1 N–H and O–H groups in total. The molecular formula is C10H17NO2S. The lowest BCUT2D eigenvalue weighted by molar-refractivity contribution is -0.144. The number of esters is 1. The largest absolute Gasteiger partial charge is 0.468 e. The van der Waals surface area contributed by atoms with Crippen LogP contribution in [0.4, 0.5) is 0 Å². The third-order valence-electron chi connectivity index (χ3n) is 2.37. The number of carbonyl (C=O) groups excluding carboxylic acids is 1. The number of hydrogen-bond donors (Lipinski definition) is 1. The van der Waals surface area contributed by atoms with Crippen LogP contribution in [0.1, 0.15) is 6.42 Å². The summed E-state index contributed by atoms with van der Waals surface area (Å²) in [4.78, 5) is 11.5. The minimum Gasteiger partial charge on any atom is -0.468 e. The molecule has 3 nitrogen and oxygen atoms in total. The summed E-state index contributed by atoms with van der Waals surface area (Å²) in [6.45, 7) is 4.28.